The molecule has 0 radical (unpaired) electrons. The van der Waals surface area contributed by atoms with E-state index in [1.807, 2.05) is 60.4 Å². The fourth-order valence-corrected chi connectivity index (χ4v) is 3.93. The third kappa shape index (κ3) is 10.7. The van der Waals surface area contributed by atoms with Gasteiger partial charge in [-0.1, -0.05) is 69.4 Å². The highest BCUT2D eigenvalue weighted by atomic mass is 16.5. The van der Waals surface area contributed by atoms with Crippen LogP contribution in [0.3, 0.4) is 0 Å². The van der Waals surface area contributed by atoms with E-state index < -0.39 is 12.1 Å². The van der Waals surface area contributed by atoms with Gasteiger partial charge in [-0.3, -0.25) is 0 Å². The first-order valence-corrected chi connectivity index (χ1v) is 13.1. The molecule has 2 aromatic carbocycles. The second kappa shape index (κ2) is 16.6. The summed E-state index contributed by atoms with van der Waals surface area (Å²) in [5, 5.41) is 12.3. The number of carboxylic acid groups (broad SMARTS) is 1. The lowest BCUT2D eigenvalue weighted by atomic mass is 10.1. The van der Waals surface area contributed by atoms with Gasteiger partial charge >= 0.3 is 12.0 Å². The predicted molar refractivity (Wildman–Crippen MR) is 144 cm³/mol. The highest BCUT2D eigenvalue weighted by Crippen LogP contribution is 2.16. The highest BCUT2D eigenvalue weighted by molar-refractivity contribution is 5.90. The Bertz CT molecular complexity index is 916. The first-order chi connectivity index (χ1) is 17.4. The van der Waals surface area contributed by atoms with E-state index in [1.165, 1.54) is 25.7 Å². The fraction of sp³-hybridized carbons (Fsp3) is 0.517. The second-order valence-corrected chi connectivity index (χ2v) is 8.98. The van der Waals surface area contributed by atoms with Gasteiger partial charge in [0.15, 0.2) is 6.10 Å². The monoisotopic (exact) mass is 498 g/mol. The Morgan fingerprint density at radius 3 is 2.31 bits per heavy atom. The molecule has 7 heteroatoms. The van der Waals surface area contributed by atoms with Gasteiger partial charge in [0.2, 0.25) is 0 Å². The van der Waals surface area contributed by atoms with Gasteiger partial charge in [-0.15, -0.1) is 0 Å². The summed E-state index contributed by atoms with van der Waals surface area (Å²) >= 11 is 0. The zero-order valence-corrected chi connectivity index (χ0v) is 22.0. The van der Waals surface area contributed by atoms with Gasteiger partial charge in [-0.2, -0.15) is 0 Å². The first kappa shape index (κ1) is 29.2. The van der Waals surface area contributed by atoms with Crippen LogP contribution in [0.1, 0.15) is 63.5 Å². The summed E-state index contributed by atoms with van der Waals surface area (Å²) in [6, 6.07) is 15.0. The Balaban J connectivity index is 1.90. The normalized spacial score (nSPS) is 11.6. The van der Waals surface area contributed by atoms with Crippen LogP contribution in [-0.4, -0.2) is 54.4 Å². The van der Waals surface area contributed by atoms with Crippen LogP contribution in [0.2, 0.25) is 0 Å². The summed E-state index contributed by atoms with van der Waals surface area (Å²) < 4.78 is 11.2. The molecule has 1 unspecified atom stereocenters. The number of hydrogen-bond acceptors (Lipinski definition) is 4. The van der Waals surface area contributed by atoms with Crippen LogP contribution in [0.25, 0.3) is 0 Å². The molecule has 0 heterocycles. The van der Waals surface area contributed by atoms with E-state index in [2.05, 4.69) is 12.2 Å². The Morgan fingerprint density at radius 1 is 0.944 bits per heavy atom. The van der Waals surface area contributed by atoms with Crippen LogP contribution in [-0.2, 0) is 16.0 Å². The molecule has 0 saturated carbocycles. The van der Waals surface area contributed by atoms with Crippen LogP contribution in [0.5, 0.6) is 5.75 Å². The van der Waals surface area contributed by atoms with Gasteiger partial charge in [0.1, 0.15) is 12.4 Å². The van der Waals surface area contributed by atoms with Gasteiger partial charge < -0.3 is 24.8 Å². The van der Waals surface area contributed by atoms with Crippen molar-refractivity contribution in [1.82, 2.24) is 4.90 Å². The molecule has 0 aliphatic carbocycles. The van der Waals surface area contributed by atoms with Crippen molar-refractivity contribution in [2.75, 3.05) is 31.6 Å². The van der Waals surface area contributed by atoms with Crippen LogP contribution in [0.4, 0.5) is 10.5 Å². The number of benzene rings is 2. The van der Waals surface area contributed by atoms with Gasteiger partial charge in [0, 0.05) is 25.3 Å². The van der Waals surface area contributed by atoms with E-state index in [-0.39, 0.29) is 6.03 Å². The average Bonchev–Trinajstić information content (AvgIpc) is 2.87. The van der Waals surface area contributed by atoms with Crippen LogP contribution >= 0.6 is 0 Å². The molecule has 1 atom stereocenters. The molecular weight excluding hydrogens is 456 g/mol. The number of nitrogens with one attached hydrogen (secondary N) is 1. The SMILES string of the molecule is CCCCCCCCN(CCOc1ccc(CC(OCC)C(=O)O)cc1)C(=O)Nc1ccccc1C. The maximum Gasteiger partial charge on any atom is 0.333 e. The second-order valence-electron chi connectivity index (χ2n) is 8.98. The minimum absolute atomic E-state index is 0.118. The van der Waals surface area contributed by atoms with Gasteiger partial charge in [0.25, 0.3) is 0 Å². The molecular formula is C29H42N2O5. The van der Waals surface area contributed by atoms with Crippen molar-refractivity contribution >= 4 is 17.7 Å². The average molecular weight is 499 g/mol. The smallest absolute Gasteiger partial charge is 0.333 e. The molecule has 0 aromatic heterocycles. The molecule has 0 saturated heterocycles. The molecule has 0 spiro atoms. The fourth-order valence-electron chi connectivity index (χ4n) is 3.93. The van der Waals surface area contributed by atoms with E-state index >= 15 is 0 Å². The summed E-state index contributed by atoms with van der Waals surface area (Å²) in [6.45, 7) is 7.84. The number of carbonyl (C=O) groups is 2. The number of ether oxygens (including phenoxy) is 2. The number of nitrogens with zero attached hydrogens (tertiary/aromatic N) is 1. The lowest BCUT2D eigenvalue weighted by molar-refractivity contribution is -0.149. The molecule has 198 valence electrons. The third-order valence-electron chi connectivity index (χ3n) is 6.07. The number of aryl methyl sites for hydroxylation is 1. The number of urea groups is 1. The maximum absolute atomic E-state index is 13.0. The van der Waals surface area contributed by atoms with E-state index in [1.54, 1.807) is 6.92 Å². The number of rotatable bonds is 17. The van der Waals surface area contributed by atoms with E-state index in [4.69, 9.17) is 9.47 Å². The third-order valence-corrected chi connectivity index (χ3v) is 6.07. The molecule has 0 bridgehead atoms. The lowest BCUT2D eigenvalue weighted by Gasteiger charge is -2.24. The zero-order valence-electron chi connectivity index (χ0n) is 22.0. The maximum atomic E-state index is 13.0. The molecule has 0 aliphatic rings. The Kier molecular flexibility index (Phi) is 13.4. The number of aliphatic carboxylic acids is 1. The largest absolute Gasteiger partial charge is 0.492 e. The highest BCUT2D eigenvalue weighted by Gasteiger charge is 2.18. The topological polar surface area (TPSA) is 88.1 Å². The number of carbonyl (C=O) groups excluding carboxylic acids is 1. The number of unbranched alkanes of at least 4 members (excludes halogenated alkanes) is 5. The van der Waals surface area contributed by atoms with Crippen molar-refractivity contribution in [1.29, 1.82) is 0 Å². The molecule has 2 amide bonds. The van der Waals surface area contributed by atoms with Crippen LogP contribution < -0.4 is 10.1 Å². The standard InChI is InChI=1S/C29H42N2O5/c1-4-6-7-8-9-12-19-31(29(34)30-26-14-11-10-13-23(26)3)20-21-36-25-17-15-24(16-18-25)22-27(28(32)33)35-5-2/h10-11,13-18,27H,4-9,12,19-22H2,1-3H3,(H,30,34)(H,32,33). The number of carboxylic acids is 1. The first-order valence-electron chi connectivity index (χ1n) is 13.1. The number of anilines is 1. The molecule has 0 fully saturated rings. The van der Waals surface area contributed by atoms with Crippen molar-refractivity contribution in [2.24, 2.45) is 0 Å². The quantitative estimate of drug-likeness (QED) is 0.250. The predicted octanol–water partition coefficient (Wildman–Crippen LogP) is 6.30. The molecule has 36 heavy (non-hydrogen) atoms. The minimum Gasteiger partial charge on any atom is -0.492 e. The zero-order chi connectivity index (χ0) is 26.2. The summed E-state index contributed by atoms with van der Waals surface area (Å²) in [5.74, 6) is -0.285. The van der Waals surface area contributed by atoms with Gasteiger partial charge in [-0.25, -0.2) is 9.59 Å². The summed E-state index contributed by atoms with van der Waals surface area (Å²) in [4.78, 5) is 26.2. The van der Waals surface area contributed by atoms with Crippen LogP contribution in [0, 0.1) is 6.92 Å². The van der Waals surface area contributed by atoms with Gasteiger partial charge in [0.05, 0.1) is 6.54 Å². The Morgan fingerprint density at radius 2 is 1.64 bits per heavy atom. The molecule has 2 N–H and O–H groups in total. The minimum atomic E-state index is -0.966. The van der Waals surface area contributed by atoms with E-state index in [0.717, 1.165) is 29.7 Å². The molecule has 7 nitrogen and oxygen atoms in total. The van der Waals surface area contributed by atoms with Crippen LogP contribution in [0.15, 0.2) is 48.5 Å². The molecule has 2 rings (SSSR count). The Labute approximate surface area is 215 Å². The lowest BCUT2D eigenvalue weighted by Crippen LogP contribution is -2.38. The van der Waals surface area contributed by atoms with Crippen molar-refractivity contribution in [3.63, 3.8) is 0 Å². The Hall–Kier alpha value is -3.06. The van der Waals surface area contributed by atoms with Gasteiger partial charge in [-0.05, 0) is 49.6 Å². The van der Waals surface area contributed by atoms with Crippen molar-refractivity contribution < 1.29 is 24.2 Å². The van der Waals surface area contributed by atoms with Crippen molar-refractivity contribution in [2.45, 2.75) is 71.8 Å². The number of para-hydroxylation sites is 1. The summed E-state index contributed by atoms with van der Waals surface area (Å²) in [5.41, 5.74) is 2.71. The number of hydrogen-bond donors (Lipinski definition) is 2. The summed E-state index contributed by atoms with van der Waals surface area (Å²) in [6.07, 6.45) is 6.42. The summed E-state index contributed by atoms with van der Waals surface area (Å²) in [7, 11) is 0. The molecule has 2 aromatic rings. The van der Waals surface area contributed by atoms with E-state index in [9.17, 15) is 14.7 Å². The van der Waals surface area contributed by atoms with Crippen molar-refractivity contribution in [3.05, 3.63) is 59.7 Å². The molecule has 0 aliphatic heterocycles. The van der Waals surface area contributed by atoms with Crippen molar-refractivity contribution in [3.8, 4) is 5.75 Å². The number of amides is 2. The van der Waals surface area contributed by atoms with E-state index in [0.29, 0.717) is 38.5 Å².